The average molecular weight is 334 g/mol. The average Bonchev–Trinajstić information content (AvgIpc) is 2.55. The lowest BCUT2D eigenvalue weighted by Gasteiger charge is -2.19. The molecule has 2 aromatic carbocycles. The Hall–Kier alpha value is -2.20. The summed E-state index contributed by atoms with van der Waals surface area (Å²) < 4.78 is 10.7. The van der Waals surface area contributed by atoms with Crippen molar-refractivity contribution in [2.45, 2.75) is 13.5 Å². The van der Waals surface area contributed by atoms with Crippen molar-refractivity contribution in [2.75, 3.05) is 20.8 Å². The normalized spacial score (nSPS) is 10.3. The largest absolute Gasteiger partial charge is 0.496 e. The number of nitrogens with zero attached hydrogens (tertiary/aromatic N) is 1. The first-order chi connectivity index (χ1) is 11.0. The van der Waals surface area contributed by atoms with Crippen molar-refractivity contribution in [3.8, 4) is 11.5 Å². The number of amides is 1. The Morgan fingerprint density at radius 1 is 1.17 bits per heavy atom. The van der Waals surface area contributed by atoms with E-state index < -0.39 is 0 Å². The molecule has 5 heteroatoms. The third-order valence-corrected chi connectivity index (χ3v) is 3.64. The number of halogens is 1. The minimum absolute atomic E-state index is 0.0740. The first-order valence-corrected chi connectivity index (χ1v) is 7.73. The second-order valence-electron chi connectivity index (χ2n) is 5.07. The number of ether oxygens (including phenoxy) is 2. The summed E-state index contributed by atoms with van der Waals surface area (Å²) in [6.07, 6.45) is 0. The molecule has 122 valence electrons. The van der Waals surface area contributed by atoms with E-state index in [9.17, 15) is 4.79 Å². The molecule has 0 heterocycles. The predicted octanol–water partition coefficient (Wildman–Crippen LogP) is 4.02. The maximum absolute atomic E-state index is 12.5. The third-order valence-electron chi connectivity index (χ3n) is 3.41. The number of hydrogen-bond acceptors (Lipinski definition) is 3. The first kappa shape index (κ1) is 17.2. The highest BCUT2D eigenvalue weighted by atomic mass is 35.5. The summed E-state index contributed by atoms with van der Waals surface area (Å²) >= 11 is 6.03. The Kier molecular flexibility index (Phi) is 5.88. The summed E-state index contributed by atoms with van der Waals surface area (Å²) in [6, 6.07) is 12.5. The van der Waals surface area contributed by atoms with E-state index >= 15 is 0 Å². The van der Waals surface area contributed by atoms with Crippen LogP contribution in [0.2, 0.25) is 5.02 Å². The smallest absolute Gasteiger partial charge is 0.253 e. The SMILES string of the molecule is CCOc1ccc(C(=O)N(C)Cc2cc(Cl)ccc2OC)cc1. The number of carbonyl (C=O) groups is 1. The zero-order valence-corrected chi connectivity index (χ0v) is 14.3. The Morgan fingerprint density at radius 3 is 2.48 bits per heavy atom. The Labute approximate surface area is 141 Å². The van der Waals surface area contributed by atoms with Crippen molar-refractivity contribution >= 4 is 17.5 Å². The molecular weight excluding hydrogens is 314 g/mol. The fraction of sp³-hybridized carbons (Fsp3) is 0.278. The molecule has 0 bridgehead atoms. The summed E-state index contributed by atoms with van der Waals surface area (Å²) in [4.78, 5) is 14.1. The highest BCUT2D eigenvalue weighted by molar-refractivity contribution is 6.30. The Bertz CT molecular complexity index is 670. The second kappa shape index (κ2) is 7.88. The zero-order chi connectivity index (χ0) is 16.8. The fourth-order valence-corrected chi connectivity index (χ4v) is 2.47. The van der Waals surface area contributed by atoms with Crippen LogP contribution in [-0.2, 0) is 6.54 Å². The van der Waals surface area contributed by atoms with Gasteiger partial charge >= 0.3 is 0 Å². The lowest BCUT2D eigenvalue weighted by atomic mass is 10.1. The van der Waals surface area contributed by atoms with Crippen molar-refractivity contribution in [3.63, 3.8) is 0 Å². The molecule has 0 unspecified atom stereocenters. The summed E-state index contributed by atoms with van der Waals surface area (Å²) in [5.41, 5.74) is 1.47. The molecule has 0 saturated carbocycles. The summed E-state index contributed by atoms with van der Waals surface area (Å²) in [7, 11) is 3.35. The van der Waals surface area contributed by atoms with Gasteiger partial charge in [0.15, 0.2) is 0 Å². The highest BCUT2D eigenvalue weighted by Gasteiger charge is 2.14. The molecule has 0 spiro atoms. The maximum Gasteiger partial charge on any atom is 0.253 e. The lowest BCUT2D eigenvalue weighted by Crippen LogP contribution is -2.26. The van der Waals surface area contributed by atoms with Gasteiger partial charge in [0.2, 0.25) is 0 Å². The predicted molar refractivity (Wildman–Crippen MR) is 91.4 cm³/mol. The van der Waals surface area contributed by atoms with Crippen LogP contribution in [0.15, 0.2) is 42.5 Å². The van der Waals surface area contributed by atoms with Crippen LogP contribution >= 0.6 is 11.6 Å². The van der Waals surface area contributed by atoms with E-state index in [1.165, 1.54) is 0 Å². The number of rotatable bonds is 6. The van der Waals surface area contributed by atoms with Crippen molar-refractivity contribution in [2.24, 2.45) is 0 Å². The van der Waals surface area contributed by atoms with Gasteiger partial charge in [0.25, 0.3) is 5.91 Å². The van der Waals surface area contributed by atoms with E-state index in [0.717, 1.165) is 11.3 Å². The maximum atomic E-state index is 12.5. The molecule has 2 rings (SSSR count). The fourth-order valence-electron chi connectivity index (χ4n) is 2.28. The van der Waals surface area contributed by atoms with Gasteiger partial charge in [-0.25, -0.2) is 0 Å². The molecule has 2 aromatic rings. The van der Waals surface area contributed by atoms with Gasteiger partial charge < -0.3 is 14.4 Å². The van der Waals surface area contributed by atoms with Crippen molar-refractivity contribution in [1.82, 2.24) is 4.90 Å². The minimum Gasteiger partial charge on any atom is -0.496 e. The molecule has 0 aliphatic heterocycles. The van der Waals surface area contributed by atoms with E-state index in [1.54, 1.807) is 55.5 Å². The van der Waals surface area contributed by atoms with Gasteiger partial charge in [-0.05, 0) is 49.4 Å². The second-order valence-corrected chi connectivity index (χ2v) is 5.51. The van der Waals surface area contributed by atoms with Crippen LogP contribution in [0, 0.1) is 0 Å². The van der Waals surface area contributed by atoms with Gasteiger partial charge in [-0.2, -0.15) is 0 Å². The number of methoxy groups -OCH3 is 1. The first-order valence-electron chi connectivity index (χ1n) is 7.36. The number of hydrogen-bond donors (Lipinski definition) is 0. The summed E-state index contributed by atoms with van der Waals surface area (Å²) in [6.45, 7) is 2.93. The molecule has 0 radical (unpaired) electrons. The standard InChI is InChI=1S/C18H20ClNO3/c1-4-23-16-8-5-13(6-9-16)18(21)20(2)12-14-11-15(19)7-10-17(14)22-3/h5-11H,4,12H2,1-3H3. The van der Waals surface area contributed by atoms with Crippen LogP contribution in [-0.4, -0.2) is 31.6 Å². The molecule has 0 aliphatic rings. The van der Waals surface area contributed by atoms with E-state index in [-0.39, 0.29) is 5.91 Å². The van der Waals surface area contributed by atoms with Crippen LogP contribution < -0.4 is 9.47 Å². The molecule has 4 nitrogen and oxygen atoms in total. The lowest BCUT2D eigenvalue weighted by molar-refractivity contribution is 0.0784. The Morgan fingerprint density at radius 2 is 1.87 bits per heavy atom. The van der Waals surface area contributed by atoms with E-state index in [4.69, 9.17) is 21.1 Å². The topological polar surface area (TPSA) is 38.8 Å². The van der Waals surface area contributed by atoms with Crippen LogP contribution in [0.25, 0.3) is 0 Å². The van der Waals surface area contributed by atoms with E-state index in [2.05, 4.69) is 0 Å². The molecule has 0 aromatic heterocycles. The molecule has 0 fully saturated rings. The Balaban J connectivity index is 2.12. The van der Waals surface area contributed by atoms with Gasteiger partial charge in [0.05, 0.1) is 13.7 Å². The van der Waals surface area contributed by atoms with Crippen LogP contribution in [0.3, 0.4) is 0 Å². The van der Waals surface area contributed by atoms with Crippen molar-refractivity contribution < 1.29 is 14.3 Å². The van der Waals surface area contributed by atoms with Gasteiger partial charge in [-0.3, -0.25) is 4.79 Å². The molecule has 23 heavy (non-hydrogen) atoms. The molecule has 0 atom stereocenters. The monoisotopic (exact) mass is 333 g/mol. The highest BCUT2D eigenvalue weighted by Crippen LogP contribution is 2.24. The third kappa shape index (κ3) is 4.39. The van der Waals surface area contributed by atoms with Gasteiger partial charge in [-0.15, -0.1) is 0 Å². The van der Waals surface area contributed by atoms with Crippen LogP contribution in [0.5, 0.6) is 11.5 Å². The van der Waals surface area contributed by atoms with E-state index in [0.29, 0.717) is 29.5 Å². The van der Waals surface area contributed by atoms with Gasteiger partial charge in [-0.1, -0.05) is 11.6 Å². The zero-order valence-electron chi connectivity index (χ0n) is 13.5. The number of benzene rings is 2. The molecule has 0 saturated heterocycles. The van der Waals surface area contributed by atoms with Crippen LogP contribution in [0.1, 0.15) is 22.8 Å². The van der Waals surface area contributed by atoms with Crippen molar-refractivity contribution in [3.05, 3.63) is 58.6 Å². The summed E-state index contributed by atoms with van der Waals surface area (Å²) in [5.74, 6) is 1.39. The van der Waals surface area contributed by atoms with Crippen LogP contribution in [0.4, 0.5) is 0 Å². The molecule has 0 aliphatic carbocycles. The molecule has 1 amide bonds. The number of carbonyl (C=O) groups excluding carboxylic acids is 1. The van der Waals surface area contributed by atoms with Gasteiger partial charge in [0.1, 0.15) is 11.5 Å². The van der Waals surface area contributed by atoms with Crippen molar-refractivity contribution in [1.29, 1.82) is 0 Å². The van der Waals surface area contributed by atoms with Gasteiger partial charge in [0, 0.05) is 29.7 Å². The quantitative estimate of drug-likeness (QED) is 0.801. The molecule has 0 N–H and O–H groups in total. The van der Waals surface area contributed by atoms with E-state index in [1.807, 2.05) is 13.0 Å². The minimum atomic E-state index is -0.0740. The summed E-state index contributed by atoms with van der Waals surface area (Å²) in [5, 5.41) is 0.614. The molecular formula is C18H20ClNO3.